The SMILES string of the molecule is Cc1cccc(C(C(=O)NC(C)C)N(C(=O)C(NC(=O)OC(C)(C)C)C(C)C)C2CCC2)c1C. The highest BCUT2D eigenvalue weighted by molar-refractivity contribution is 5.93. The molecule has 0 radical (unpaired) electrons. The third-order valence-corrected chi connectivity index (χ3v) is 6.23. The highest BCUT2D eigenvalue weighted by Gasteiger charge is 2.43. The Kier molecular flexibility index (Phi) is 9.15. The minimum atomic E-state index is -0.810. The van der Waals surface area contributed by atoms with Crippen molar-refractivity contribution in [1.29, 1.82) is 0 Å². The summed E-state index contributed by atoms with van der Waals surface area (Å²) in [6.07, 6.45) is 2.03. The maximum Gasteiger partial charge on any atom is 0.408 e. The molecule has 2 rings (SSSR count). The van der Waals surface area contributed by atoms with E-state index >= 15 is 0 Å². The number of aryl methyl sites for hydroxylation is 1. The molecular weight excluding hydrogens is 430 g/mol. The first-order chi connectivity index (χ1) is 15.7. The van der Waals surface area contributed by atoms with Gasteiger partial charge in [0.25, 0.3) is 0 Å². The van der Waals surface area contributed by atoms with E-state index in [1.165, 1.54) is 0 Å². The molecule has 2 atom stereocenters. The Hall–Kier alpha value is -2.57. The van der Waals surface area contributed by atoms with Gasteiger partial charge in [0.2, 0.25) is 11.8 Å². The van der Waals surface area contributed by atoms with E-state index in [1.54, 1.807) is 25.7 Å². The van der Waals surface area contributed by atoms with Crippen molar-refractivity contribution in [2.75, 3.05) is 0 Å². The Bertz CT molecular complexity index is 884. The number of nitrogens with one attached hydrogen (secondary N) is 2. The number of rotatable bonds is 8. The normalized spacial score (nSPS) is 16.0. The minimum absolute atomic E-state index is 0.0583. The molecule has 1 aliphatic carbocycles. The fourth-order valence-corrected chi connectivity index (χ4v) is 4.14. The molecule has 190 valence electrons. The van der Waals surface area contributed by atoms with Crippen LogP contribution < -0.4 is 10.6 Å². The molecule has 1 saturated carbocycles. The molecule has 2 unspecified atom stereocenters. The van der Waals surface area contributed by atoms with Crippen molar-refractivity contribution in [3.8, 4) is 0 Å². The standard InChI is InChI=1S/C27H43N3O4/c1-16(2)22(29-26(33)34-27(7,8)9)25(32)30(20-13-11-14-20)23(24(31)28-17(3)4)21-15-10-12-18(5)19(21)6/h10,12,15-17,20,22-23H,11,13-14H2,1-9H3,(H,28,31)(H,29,33). The monoisotopic (exact) mass is 473 g/mol. The summed E-state index contributed by atoms with van der Waals surface area (Å²) in [5.41, 5.74) is 2.19. The predicted molar refractivity (Wildman–Crippen MR) is 134 cm³/mol. The van der Waals surface area contributed by atoms with Crippen LogP contribution in [-0.4, -0.2) is 46.5 Å². The second kappa shape index (κ2) is 11.2. The first-order valence-electron chi connectivity index (χ1n) is 12.4. The van der Waals surface area contributed by atoms with Crippen molar-refractivity contribution < 1.29 is 19.1 Å². The first-order valence-corrected chi connectivity index (χ1v) is 12.4. The van der Waals surface area contributed by atoms with Crippen LogP contribution in [0.2, 0.25) is 0 Å². The summed E-state index contributed by atoms with van der Waals surface area (Å²) in [5.74, 6) is -0.644. The zero-order valence-electron chi connectivity index (χ0n) is 22.3. The van der Waals surface area contributed by atoms with Crippen LogP contribution in [0, 0.1) is 19.8 Å². The van der Waals surface area contributed by atoms with Crippen molar-refractivity contribution in [1.82, 2.24) is 15.5 Å². The summed E-state index contributed by atoms with van der Waals surface area (Å²) >= 11 is 0. The molecular formula is C27H43N3O4. The van der Waals surface area contributed by atoms with E-state index in [4.69, 9.17) is 4.74 Å². The Labute approximate surface area is 205 Å². The molecule has 0 saturated heterocycles. The van der Waals surface area contributed by atoms with E-state index in [2.05, 4.69) is 10.6 Å². The lowest BCUT2D eigenvalue weighted by Gasteiger charge is -2.44. The topological polar surface area (TPSA) is 87.7 Å². The summed E-state index contributed by atoms with van der Waals surface area (Å²) in [6, 6.07) is 4.15. The largest absolute Gasteiger partial charge is 0.444 e. The Morgan fingerprint density at radius 3 is 2.12 bits per heavy atom. The van der Waals surface area contributed by atoms with E-state index in [0.29, 0.717) is 0 Å². The molecule has 2 N–H and O–H groups in total. The summed E-state index contributed by atoms with van der Waals surface area (Å²) in [4.78, 5) is 42.0. The molecule has 1 fully saturated rings. The number of hydrogen-bond donors (Lipinski definition) is 2. The number of nitrogens with zero attached hydrogens (tertiary/aromatic N) is 1. The molecule has 0 heterocycles. The highest BCUT2D eigenvalue weighted by Crippen LogP contribution is 2.36. The number of carbonyl (C=O) groups is 3. The van der Waals surface area contributed by atoms with Crippen LogP contribution in [0.3, 0.4) is 0 Å². The summed E-state index contributed by atoms with van der Waals surface area (Å²) < 4.78 is 5.43. The van der Waals surface area contributed by atoms with Gasteiger partial charge in [0, 0.05) is 12.1 Å². The minimum Gasteiger partial charge on any atom is -0.444 e. The van der Waals surface area contributed by atoms with E-state index in [-0.39, 0.29) is 29.8 Å². The Balaban J connectivity index is 2.53. The average molecular weight is 474 g/mol. The zero-order valence-corrected chi connectivity index (χ0v) is 22.3. The highest BCUT2D eigenvalue weighted by atomic mass is 16.6. The van der Waals surface area contributed by atoms with Gasteiger partial charge in [-0.3, -0.25) is 9.59 Å². The lowest BCUT2D eigenvalue weighted by molar-refractivity contribution is -0.148. The number of hydrogen-bond acceptors (Lipinski definition) is 4. The van der Waals surface area contributed by atoms with Gasteiger partial charge in [0.15, 0.2) is 0 Å². The Morgan fingerprint density at radius 2 is 1.65 bits per heavy atom. The van der Waals surface area contributed by atoms with Gasteiger partial charge in [-0.15, -0.1) is 0 Å². The molecule has 34 heavy (non-hydrogen) atoms. The van der Waals surface area contributed by atoms with Gasteiger partial charge >= 0.3 is 6.09 Å². The number of alkyl carbamates (subject to hydrolysis) is 1. The lowest BCUT2D eigenvalue weighted by Crippen LogP contribution is -2.59. The molecule has 0 bridgehead atoms. The van der Waals surface area contributed by atoms with Crippen LogP contribution in [0.4, 0.5) is 4.79 Å². The molecule has 7 heteroatoms. The smallest absolute Gasteiger partial charge is 0.408 e. The van der Waals surface area contributed by atoms with Crippen LogP contribution in [0.15, 0.2) is 18.2 Å². The van der Waals surface area contributed by atoms with Crippen LogP contribution in [0.1, 0.15) is 90.5 Å². The van der Waals surface area contributed by atoms with Crippen LogP contribution in [0.5, 0.6) is 0 Å². The summed E-state index contributed by atoms with van der Waals surface area (Å²) in [7, 11) is 0. The van der Waals surface area contributed by atoms with Crippen LogP contribution in [0.25, 0.3) is 0 Å². The van der Waals surface area contributed by atoms with Gasteiger partial charge in [0.1, 0.15) is 17.7 Å². The van der Waals surface area contributed by atoms with Crippen molar-refractivity contribution in [3.05, 3.63) is 34.9 Å². The maximum absolute atomic E-state index is 14.1. The summed E-state index contributed by atoms with van der Waals surface area (Å²) in [6.45, 7) is 16.9. The van der Waals surface area contributed by atoms with Crippen LogP contribution in [-0.2, 0) is 14.3 Å². The molecule has 1 aromatic carbocycles. The van der Waals surface area contributed by atoms with Crippen LogP contribution >= 0.6 is 0 Å². The molecule has 1 aromatic rings. The van der Waals surface area contributed by atoms with E-state index < -0.39 is 23.8 Å². The van der Waals surface area contributed by atoms with E-state index in [0.717, 1.165) is 36.0 Å². The summed E-state index contributed by atoms with van der Waals surface area (Å²) in [5, 5.41) is 5.81. The maximum atomic E-state index is 14.1. The average Bonchev–Trinajstić information content (AvgIpc) is 2.64. The van der Waals surface area contributed by atoms with Gasteiger partial charge in [-0.1, -0.05) is 32.0 Å². The number of amides is 3. The van der Waals surface area contributed by atoms with E-state index in [9.17, 15) is 14.4 Å². The lowest BCUT2D eigenvalue weighted by atomic mass is 9.86. The number of carbonyl (C=O) groups excluding carboxylic acids is 3. The molecule has 7 nitrogen and oxygen atoms in total. The van der Waals surface area contributed by atoms with Gasteiger partial charge < -0.3 is 20.3 Å². The van der Waals surface area contributed by atoms with Crippen molar-refractivity contribution in [2.45, 2.75) is 111 Å². The zero-order chi connectivity index (χ0) is 25.8. The quantitative estimate of drug-likeness (QED) is 0.568. The van der Waals surface area contributed by atoms with Crippen molar-refractivity contribution in [3.63, 3.8) is 0 Å². The van der Waals surface area contributed by atoms with Gasteiger partial charge in [-0.05, 0) is 90.3 Å². The number of ether oxygens (including phenoxy) is 1. The van der Waals surface area contributed by atoms with E-state index in [1.807, 2.05) is 59.7 Å². The third kappa shape index (κ3) is 6.97. The molecule has 0 spiro atoms. The van der Waals surface area contributed by atoms with Crippen molar-refractivity contribution >= 4 is 17.9 Å². The second-order valence-corrected chi connectivity index (χ2v) is 11.1. The Morgan fingerprint density at radius 1 is 1.03 bits per heavy atom. The van der Waals surface area contributed by atoms with Gasteiger partial charge in [-0.25, -0.2) is 4.79 Å². The predicted octanol–water partition coefficient (Wildman–Crippen LogP) is 4.80. The molecule has 3 amide bonds. The van der Waals surface area contributed by atoms with Crippen molar-refractivity contribution in [2.24, 2.45) is 5.92 Å². The fourth-order valence-electron chi connectivity index (χ4n) is 4.14. The van der Waals surface area contributed by atoms with Gasteiger partial charge in [-0.2, -0.15) is 0 Å². The molecule has 0 aliphatic heterocycles. The molecule has 1 aliphatic rings. The fraction of sp³-hybridized carbons (Fsp3) is 0.667. The second-order valence-electron chi connectivity index (χ2n) is 11.1. The third-order valence-electron chi connectivity index (χ3n) is 6.23. The first kappa shape index (κ1) is 27.7. The number of benzene rings is 1. The molecule has 0 aromatic heterocycles. The van der Waals surface area contributed by atoms with Gasteiger partial charge in [0.05, 0.1) is 0 Å².